The number of aromatic nitrogens is 1. The van der Waals surface area contributed by atoms with Crippen LogP contribution in [0.3, 0.4) is 0 Å². The van der Waals surface area contributed by atoms with Crippen LogP contribution in [0, 0.1) is 0 Å². The number of nitrogens with two attached hydrogens (primary N) is 1. The lowest BCUT2D eigenvalue weighted by atomic mass is 10.0. The van der Waals surface area contributed by atoms with Crippen molar-refractivity contribution in [2.45, 2.75) is 13.0 Å². The Bertz CT molecular complexity index is 989. The average molecular weight is 395 g/mol. The minimum Gasteiger partial charge on any atom is -0.324 e. The lowest BCUT2D eigenvalue weighted by Gasteiger charge is -2.16. The van der Waals surface area contributed by atoms with Gasteiger partial charge in [0.1, 0.15) is 0 Å². The van der Waals surface area contributed by atoms with E-state index < -0.39 is 0 Å². The van der Waals surface area contributed by atoms with E-state index in [9.17, 15) is 9.59 Å². The zero-order valence-corrected chi connectivity index (χ0v) is 15.9. The Morgan fingerprint density at radius 2 is 1.54 bits per heavy atom. The van der Waals surface area contributed by atoms with Crippen LogP contribution < -0.4 is 16.4 Å². The van der Waals surface area contributed by atoms with E-state index in [0.29, 0.717) is 27.5 Å². The third-order valence-electron chi connectivity index (χ3n) is 4.10. The maximum atomic E-state index is 12.6. The van der Waals surface area contributed by atoms with Gasteiger partial charge < -0.3 is 16.4 Å². The first-order valence-corrected chi connectivity index (χ1v) is 8.99. The van der Waals surface area contributed by atoms with Gasteiger partial charge in [-0.05, 0) is 61.0 Å². The molecule has 6 nitrogen and oxygen atoms in total. The largest absolute Gasteiger partial charge is 0.324 e. The number of nitrogens with one attached hydrogen (secondary N) is 2. The summed E-state index contributed by atoms with van der Waals surface area (Å²) >= 11 is 5.87. The van der Waals surface area contributed by atoms with Crippen molar-refractivity contribution in [1.82, 2.24) is 4.98 Å². The van der Waals surface area contributed by atoms with Crippen LogP contribution in [0.15, 0.2) is 67.0 Å². The van der Waals surface area contributed by atoms with Crippen molar-refractivity contribution in [1.29, 1.82) is 0 Å². The van der Waals surface area contributed by atoms with Crippen LogP contribution in [-0.2, 0) is 0 Å². The van der Waals surface area contributed by atoms with E-state index in [4.69, 9.17) is 17.3 Å². The minimum atomic E-state index is -0.321. The minimum absolute atomic E-state index is 0.301. The number of halogens is 1. The number of hydrogen-bond donors (Lipinski definition) is 3. The summed E-state index contributed by atoms with van der Waals surface area (Å²) in [5.41, 5.74) is 8.71. The van der Waals surface area contributed by atoms with Crippen molar-refractivity contribution in [2.75, 3.05) is 10.6 Å². The molecule has 2 aromatic carbocycles. The third-order valence-corrected chi connectivity index (χ3v) is 4.35. The molecule has 0 aliphatic rings. The van der Waals surface area contributed by atoms with Crippen LogP contribution in [0.2, 0.25) is 5.02 Å². The number of carbonyl (C=O) groups excluding carboxylic acids is 2. The summed E-state index contributed by atoms with van der Waals surface area (Å²) in [6.45, 7) is 1.81. The summed E-state index contributed by atoms with van der Waals surface area (Å²) in [5.74, 6) is -0.616. The van der Waals surface area contributed by atoms with Crippen molar-refractivity contribution in [3.05, 3.63) is 88.7 Å². The smallest absolute Gasteiger partial charge is 0.255 e. The molecule has 0 saturated heterocycles. The first-order valence-electron chi connectivity index (χ1n) is 8.62. The maximum absolute atomic E-state index is 12.6. The fraction of sp³-hybridized carbons (Fsp3) is 0.0952. The summed E-state index contributed by atoms with van der Waals surface area (Å²) in [7, 11) is 0. The molecular weight excluding hydrogens is 376 g/mol. The lowest BCUT2D eigenvalue weighted by molar-refractivity contribution is 0.101. The Morgan fingerprint density at radius 3 is 2.18 bits per heavy atom. The second-order valence-electron chi connectivity index (χ2n) is 6.24. The van der Waals surface area contributed by atoms with Gasteiger partial charge >= 0.3 is 0 Å². The standard InChI is InChI=1S/C21H19ClN4O2/c1-13(23)18-7-4-15(21(28)25-17-8-10-24-11-9-17)12-19(18)26-20(27)14-2-5-16(22)6-3-14/h2-13H,23H2,1H3,(H,26,27)(H,24,25,28). The molecule has 0 aliphatic carbocycles. The van der Waals surface area contributed by atoms with Crippen LogP contribution in [0.25, 0.3) is 0 Å². The second-order valence-corrected chi connectivity index (χ2v) is 6.68. The molecule has 0 aliphatic heterocycles. The van der Waals surface area contributed by atoms with Crippen molar-refractivity contribution in [3.8, 4) is 0 Å². The van der Waals surface area contributed by atoms with E-state index in [2.05, 4.69) is 15.6 Å². The van der Waals surface area contributed by atoms with Crippen LogP contribution >= 0.6 is 11.6 Å². The monoisotopic (exact) mass is 394 g/mol. The number of amides is 2. The number of benzene rings is 2. The van der Waals surface area contributed by atoms with Crippen LogP contribution in [0.5, 0.6) is 0 Å². The molecule has 2 amide bonds. The molecule has 0 bridgehead atoms. The van der Waals surface area contributed by atoms with E-state index in [-0.39, 0.29) is 17.9 Å². The maximum Gasteiger partial charge on any atom is 0.255 e. The van der Waals surface area contributed by atoms with Gasteiger partial charge in [-0.3, -0.25) is 14.6 Å². The Kier molecular flexibility index (Phi) is 6.03. The summed E-state index contributed by atoms with van der Waals surface area (Å²) in [4.78, 5) is 29.0. The Hall–Kier alpha value is -3.22. The van der Waals surface area contributed by atoms with Gasteiger partial charge in [0.25, 0.3) is 11.8 Å². The number of nitrogens with zero attached hydrogens (tertiary/aromatic N) is 1. The van der Waals surface area contributed by atoms with E-state index in [1.165, 1.54) is 0 Å². The van der Waals surface area contributed by atoms with Gasteiger partial charge in [-0.2, -0.15) is 0 Å². The van der Waals surface area contributed by atoms with Crippen LogP contribution in [-0.4, -0.2) is 16.8 Å². The molecule has 3 rings (SSSR count). The zero-order chi connectivity index (χ0) is 20.1. The fourth-order valence-electron chi connectivity index (χ4n) is 2.64. The predicted molar refractivity (Wildman–Crippen MR) is 111 cm³/mol. The Morgan fingerprint density at radius 1 is 0.929 bits per heavy atom. The van der Waals surface area contributed by atoms with Crippen LogP contribution in [0.4, 0.5) is 11.4 Å². The molecule has 0 saturated carbocycles. The molecule has 7 heteroatoms. The zero-order valence-electron chi connectivity index (χ0n) is 15.1. The van der Waals surface area contributed by atoms with Crippen molar-refractivity contribution < 1.29 is 9.59 Å². The SMILES string of the molecule is CC(N)c1ccc(C(=O)Nc2ccncc2)cc1NC(=O)c1ccc(Cl)cc1. The molecule has 1 unspecified atom stereocenters. The number of hydrogen-bond acceptors (Lipinski definition) is 4. The van der Waals surface area contributed by atoms with E-state index in [1.807, 2.05) is 6.92 Å². The highest BCUT2D eigenvalue weighted by atomic mass is 35.5. The van der Waals surface area contributed by atoms with Gasteiger partial charge in [-0.25, -0.2) is 0 Å². The quantitative estimate of drug-likeness (QED) is 0.602. The fourth-order valence-corrected chi connectivity index (χ4v) is 2.76. The van der Waals surface area contributed by atoms with Gasteiger partial charge in [0.15, 0.2) is 0 Å². The molecule has 142 valence electrons. The van der Waals surface area contributed by atoms with Gasteiger partial charge in [-0.15, -0.1) is 0 Å². The van der Waals surface area contributed by atoms with Crippen molar-refractivity contribution >= 4 is 34.8 Å². The Balaban J connectivity index is 1.86. The van der Waals surface area contributed by atoms with E-state index in [1.54, 1.807) is 67.0 Å². The number of rotatable bonds is 5. The van der Waals surface area contributed by atoms with Gasteiger partial charge in [-0.1, -0.05) is 17.7 Å². The van der Waals surface area contributed by atoms with E-state index in [0.717, 1.165) is 5.56 Å². The third kappa shape index (κ3) is 4.73. The van der Waals surface area contributed by atoms with Crippen LogP contribution in [0.1, 0.15) is 39.2 Å². The molecule has 3 aromatic rings. The highest BCUT2D eigenvalue weighted by molar-refractivity contribution is 6.30. The van der Waals surface area contributed by atoms with Gasteiger partial charge in [0.05, 0.1) is 0 Å². The van der Waals surface area contributed by atoms with Gasteiger partial charge in [0, 0.05) is 46.0 Å². The molecule has 0 spiro atoms. The molecular formula is C21H19ClN4O2. The lowest BCUT2D eigenvalue weighted by Crippen LogP contribution is -2.18. The summed E-state index contributed by atoms with van der Waals surface area (Å²) in [6, 6.07) is 14.6. The summed E-state index contributed by atoms with van der Waals surface area (Å²) < 4.78 is 0. The first kappa shape index (κ1) is 19.5. The molecule has 4 N–H and O–H groups in total. The summed E-state index contributed by atoms with van der Waals surface area (Å²) in [5, 5.41) is 6.17. The second kappa shape index (κ2) is 8.65. The average Bonchev–Trinajstić information content (AvgIpc) is 2.69. The van der Waals surface area contributed by atoms with Crippen molar-refractivity contribution in [2.24, 2.45) is 5.73 Å². The highest BCUT2D eigenvalue weighted by Gasteiger charge is 2.15. The molecule has 0 fully saturated rings. The predicted octanol–water partition coefficient (Wildman–Crippen LogP) is 4.26. The Labute approximate surface area is 167 Å². The van der Waals surface area contributed by atoms with Gasteiger partial charge in [0.2, 0.25) is 0 Å². The molecule has 1 heterocycles. The first-order chi connectivity index (χ1) is 13.4. The summed E-state index contributed by atoms with van der Waals surface area (Å²) in [6.07, 6.45) is 3.18. The topological polar surface area (TPSA) is 97.1 Å². The highest BCUT2D eigenvalue weighted by Crippen LogP contribution is 2.24. The molecule has 1 aromatic heterocycles. The number of pyridine rings is 1. The number of anilines is 2. The molecule has 1 atom stereocenters. The molecule has 28 heavy (non-hydrogen) atoms. The normalized spacial score (nSPS) is 11.5. The molecule has 0 radical (unpaired) electrons. The van der Waals surface area contributed by atoms with E-state index >= 15 is 0 Å². The number of carbonyl (C=O) groups is 2. The van der Waals surface area contributed by atoms with Crippen molar-refractivity contribution in [3.63, 3.8) is 0 Å².